The van der Waals surface area contributed by atoms with E-state index >= 15 is 0 Å². The summed E-state index contributed by atoms with van der Waals surface area (Å²) >= 11 is 0. The lowest BCUT2D eigenvalue weighted by molar-refractivity contribution is -0.121. The third-order valence-corrected chi connectivity index (χ3v) is 5.26. The van der Waals surface area contributed by atoms with Crippen LogP contribution in [0.25, 0.3) is 10.9 Å². The van der Waals surface area contributed by atoms with Gasteiger partial charge in [0.25, 0.3) is 5.56 Å². The van der Waals surface area contributed by atoms with Gasteiger partial charge >= 0.3 is 5.69 Å². The van der Waals surface area contributed by atoms with E-state index in [4.69, 9.17) is 9.47 Å². The minimum Gasteiger partial charge on any atom is -0.490 e. The van der Waals surface area contributed by atoms with Crippen LogP contribution in [0.1, 0.15) is 38.7 Å². The summed E-state index contributed by atoms with van der Waals surface area (Å²) in [7, 11) is 0. The predicted octanol–water partition coefficient (Wildman–Crippen LogP) is 3.02. The number of unbranched alkanes of at least 4 members (excludes halogenated alkanes) is 1. The summed E-state index contributed by atoms with van der Waals surface area (Å²) in [5.41, 5.74) is 0.719. The van der Waals surface area contributed by atoms with Gasteiger partial charge in [0.1, 0.15) is 0 Å². The molecule has 33 heavy (non-hydrogen) atoms. The molecule has 0 aliphatic rings. The number of amides is 1. The van der Waals surface area contributed by atoms with Gasteiger partial charge in [-0.05, 0) is 44.7 Å². The third-order valence-electron chi connectivity index (χ3n) is 5.26. The van der Waals surface area contributed by atoms with Crippen LogP contribution < -0.4 is 26.0 Å². The highest BCUT2D eigenvalue weighted by Gasteiger charge is 2.13. The zero-order chi connectivity index (χ0) is 23.6. The van der Waals surface area contributed by atoms with E-state index in [1.165, 1.54) is 10.1 Å². The van der Waals surface area contributed by atoms with Crippen molar-refractivity contribution in [2.75, 3.05) is 19.8 Å². The van der Waals surface area contributed by atoms with Gasteiger partial charge in [-0.2, -0.15) is 0 Å². The first-order chi connectivity index (χ1) is 16.0. The molecular weight excluding hydrogens is 422 g/mol. The van der Waals surface area contributed by atoms with E-state index in [1.807, 2.05) is 44.2 Å². The first-order valence-electron chi connectivity index (χ1n) is 11.4. The summed E-state index contributed by atoms with van der Waals surface area (Å²) in [5, 5.41) is 3.27. The second kappa shape index (κ2) is 11.9. The summed E-state index contributed by atoms with van der Waals surface area (Å²) in [6.07, 6.45) is 2.24. The van der Waals surface area contributed by atoms with Crippen molar-refractivity contribution in [2.45, 2.75) is 46.1 Å². The number of ether oxygens (including phenoxy) is 2. The van der Waals surface area contributed by atoms with E-state index in [0.717, 1.165) is 6.42 Å². The molecule has 2 aromatic carbocycles. The highest BCUT2D eigenvalue weighted by Crippen LogP contribution is 2.30. The predicted molar refractivity (Wildman–Crippen MR) is 128 cm³/mol. The SMILES string of the molecule is CCOc1cc2[nH]c(=O)n(CCCCC(=O)NCCc3ccccc3)c(=O)c2cc1OCC. The van der Waals surface area contributed by atoms with Gasteiger partial charge in [-0.25, -0.2) is 4.79 Å². The molecule has 1 aromatic heterocycles. The quantitative estimate of drug-likeness (QED) is 0.411. The fourth-order valence-corrected chi connectivity index (χ4v) is 3.64. The first-order valence-corrected chi connectivity index (χ1v) is 11.4. The van der Waals surface area contributed by atoms with Gasteiger partial charge in [0, 0.05) is 25.6 Å². The van der Waals surface area contributed by atoms with Crippen LogP contribution in [-0.4, -0.2) is 35.2 Å². The molecule has 0 spiro atoms. The Labute approximate surface area is 192 Å². The van der Waals surface area contributed by atoms with Crippen LogP contribution in [0.15, 0.2) is 52.1 Å². The number of fused-ring (bicyclic) bond motifs is 1. The smallest absolute Gasteiger partial charge is 0.328 e. The monoisotopic (exact) mass is 453 g/mol. The first kappa shape index (κ1) is 24.1. The van der Waals surface area contributed by atoms with Gasteiger partial charge in [0.05, 0.1) is 24.1 Å². The summed E-state index contributed by atoms with van der Waals surface area (Å²) in [4.78, 5) is 40.3. The highest BCUT2D eigenvalue weighted by molar-refractivity contribution is 5.81. The number of nitrogens with one attached hydrogen (secondary N) is 2. The minimum absolute atomic E-state index is 0.0319. The number of aromatic nitrogens is 2. The lowest BCUT2D eigenvalue weighted by atomic mass is 10.1. The van der Waals surface area contributed by atoms with Crippen molar-refractivity contribution in [1.29, 1.82) is 0 Å². The minimum atomic E-state index is -0.480. The number of carbonyl (C=O) groups is 1. The van der Waals surface area contributed by atoms with E-state index in [2.05, 4.69) is 10.3 Å². The molecule has 0 unspecified atom stereocenters. The van der Waals surface area contributed by atoms with Crippen LogP contribution in [0, 0.1) is 0 Å². The van der Waals surface area contributed by atoms with E-state index in [9.17, 15) is 14.4 Å². The van der Waals surface area contributed by atoms with Gasteiger partial charge in [0.15, 0.2) is 11.5 Å². The van der Waals surface area contributed by atoms with Crippen LogP contribution in [0.2, 0.25) is 0 Å². The molecule has 1 heterocycles. The van der Waals surface area contributed by atoms with Gasteiger partial charge < -0.3 is 19.8 Å². The molecule has 2 N–H and O–H groups in total. The van der Waals surface area contributed by atoms with Crippen molar-refractivity contribution in [2.24, 2.45) is 0 Å². The number of aromatic amines is 1. The van der Waals surface area contributed by atoms with Gasteiger partial charge in [-0.1, -0.05) is 30.3 Å². The van der Waals surface area contributed by atoms with Crippen molar-refractivity contribution in [3.63, 3.8) is 0 Å². The summed E-state index contributed by atoms with van der Waals surface area (Å²) in [6, 6.07) is 13.2. The van der Waals surface area contributed by atoms with Crippen LogP contribution in [0.3, 0.4) is 0 Å². The number of nitrogens with zero attached hydrogens (tertiary/aromatic N) is 1. The average Bonchev–Trinajstić information content (AvgIpc) is 2.80. The number of carbonyl (C=O) groups excluding carboxylic acids is 1. The Morgan fingerprint density at radius 3 is 2.39 bits per heavy atom. The van der Waals surface area contributed by atoms with Crippen molar-refractivity contribution in [3.05, 3.63) is 68.9 Å². The summed E-state index contributed by atoms with van der Waals surface area (Å²) in [6.45, 7) is 5.38. The van der Waals surface area contributed by atoms with Crippen molar-refractivity contribution in [3.8, 4) is 11.5 Å². The van der Waals surface area contributed by atoms with E-state index in [0.29, 0.717) is 61.4 Å². The maximum Gasteiger partial charge on any atom is 0.328 e. The largest absolute Gasteiger partial charge is 0.490 e. The maximum absolute atomic E-state index is 12.9. The number of H-pyrrole nitrogens is 1. The second-order valence-corrected chi connectivity index (χ2v) is 7.64. The van der Waals surface area contributed by atoms with E-state index in [-0.39, 0.29) is 18.0 Å². The lowest BCUT2D eigenvalue weighted by Gasteiger charge is -2.13. The Hall–Kier alpha value is -3.55. The Bertz CT molecular complexity index is 1180. The third kappa shape index (κ3) is 6.47. The zero-order valence-electron chi connectivity index (χ0n) is 19.2. The molecule has 0 atom stereocenters. The fraction of sp³-hybridized carbons (Fsp3) is 0.400. The molecule has 1 amide bonds. The Kier molecular flexibility index (Phi) is 8.69. The number of benzene rings is 2. The van der Waals surface area contributed by atoms with Gasteiger partial charge in [0.2, 0.25) is 5.91 Å². The molecule has 0 radical (unpaired) electrons. The second-order valence-electron chi connectivity index (χ2n) is 7.64. The van der Waals surface area contributed by atoms with Crippen LogP contribution >= 0.6 is 0 Å². The Balaban J connectivity index is 1.58. The molecule has 0 aliphatic heterocycles. The number of rotatable bonds is 12. The molecule has 8 nitrogen and oxygen atoms in total. The topological polar surface area (TPSA) is 102 Å². The standard InChI is InChI=1S/C25H31N3O5/c1-3-32-21-16-19-20(17-22(21)33-4-2)27-25(31)28(24(19)30)15-9-8-12-23(29)26-14-13-18-10-6-5-7-11-18/h5-7,10-11,16-17H,3-4,8-9,12-15H2,1-2H3,(H,26,29)(H,27,31). The molecule has 176 valence electrons. The van der Waals surface area contributed by atoms with Crippen LogP contribution in [0.4, 0.5) is 0 Å². The van der Waals surface area contributed by atoms with Crippen LogP contribution in [-0.2, 0) is 17.8 Å². The number of hydrogen-bond acceptors (Lipinski definition) is 5. The average molecular weight is 454 g/mol. The highest BCUT2D eigenvalue weighted by atomic mass is 16.5. The van der Waals surface area contributed by atoms with E-state index < -0.39 is 5.69 Å². The lowest BCUT2D eigenvalue weighted by Crippen LogP contribution is -2.35. The molecule has 8 heteroatoms. The number of hydrogen-bond donors (Lipinski definition) is 2. The molecule has 0 aliphatic carbocycles. The van der Waals surface area contributed by atoms with Crippen molar-refractivity contribution >= 4 is 16.8 Å². The molecule has 0 fully saturated rings. The molecule has 0 bridgehead atoms. The van der Waals surface area contributed by atoms with Crippen molar-refractivity contribution < 1.29 is 14.3 Å². The molecule has 3 aromatic rings. The normalized spacial score (nSPS) is 10.8. The Morgan fingerprint density at radius 2 is 1.70 bits per heavy atom. The van der Waals surface area contributed by atoms with Crippen molar-refractivity contribution in [1.82, 2.24) is 14.9 Å². The maximum atomic E-state index is 12.9. The van der Waals surface area contributed by atoms with E-state index in [1.54, 1.807) is 12.1 Å². The fourth-order valence-electron chi connectivity index (χ4n) is 3.64. The Morgan fingerprint density at radius 1 is 1.00 bits per heavy atom. The molecule has 0 saturated heterocycles. The molecule has 0 saturated carbocycles. The van der Waals surface area contributed by atoms with Crippen LogP contribution in [0.5, 0.6) is 11.5 Å². The summed E-state index contributed by atoms with van der Waals surface area (Å²) < 4.78 is 12.3. The summed E-state index contributed by atoms with van der Waals surface area (Å²) in [5.74, 6) is 0.920. The van der Waals surface area contributed by atoms with Gasteiger partial charge in [-0.15, -0.1) is 0 Å². The molecular formula is C25H31N3O5. The van der Waals surface area contributed by atoms with Gasteiger partial charge in [-0.3, -0.25) is 14.2 Å². The zero-order valence-corrected chi connectivity index (χ0v) is 19.2. The molecule has 3 rings (SSSR count).